The lowest BCUT2D eigenvalue weighted by atomic mass is 10.1. The van der Waals surface area contributed by atoms with Gasteiger partial charge in [0.1, 0.15) is 0 Å². The van der Waals surface area contributed by atoms with Crippen molar-refractivity contribution in [2.75, 3.05) is 37.1 Å². The molecule has 6 heteroatoms. The Balaban J connectivity index is 1.75. The summed E-state index contributed by atoms with van der Waals surface area (Å²) in [5, 5.41) is 5.33. The molecule has 0 bridgehead atoms. The number of aryl methyl sites for hydroxylation is 1. The molecule has 0 radical (unpaired) electrons. The van der Waals surface area contributed by atoms with Crippen LogP contribution in [0, 0.1) is 0 Å². The standard InChI is InChI=1S/C20H25N3O2S/c1-23(2)16-12-10-15(11-13-16)7-6-14-21-19(24)20(25)22-17-8-4-5-9-18(17)26-3/h4-5,8-13H,6-7,14H2,1-3H3,(H,21,24)(H,22,25). The molecule has 0 saturated heterocycles. The van der Waals surface area contributed by atoms with Crippen molar-refractivity contribution >= 4 is 35.0 Å². The molecule has 0 aliphatic carbocycles. The highest BCUT2D eigenvalue weighted by molar-refractivity contribution is 7.98. The molecule has 2 amide bonds. The highest BCUT2D eigenvalue weighted by Crippen LogP contribution is 2.24. The van der Waals surface area contributed by atoms with Crippen molar-refractivity contribution in [2.45, 2.75) is 17.7 Å². The van der Waals surface area contributed by atoms with E-state index < -0.39 is 11.8 Å². The molecule has 26 heavy (non-hydrogen) atoms. The summed E-state index contributed by atoms with van der Waals surface area (Å²) in [6.07, 6.45) is 3.56. The molecule has 0 unspecified atom stereocenters. The van der Waals surface area contributed by atoms with Crippen molar-refractivity contribution in [3.63, 3.8) is 0 Å². The van der Waals surface area contributed by atoms with E-state index in [2.05, 4.69) is 39.8 Å². The number of benzene rings is 2. The summed E-state index contributed by atoms with van der Waals surface area (Å²) in [7, 11) is 4.01. The molecule has 0 spiro atoms. The molecule has 2 aromatic rings. The molecule has 138 valence electrons. The predicted octanol–water partition coefficient (Wildman–Crippen LogP) is 3.16. The molecule has 0 aromatic heterocycles. The molecule has 2 rings (SSSR count). The van der Waals surface area contributed by atoms with E-state index in [9.17, 15) is 9.59 Å². The topological polar surface area (TPSA) is 61.4 Å². The van der Waals surface area contributed by atoms with Gasteiger partial charge in [-0.05, 0) is 48.9 Å². The summed E-state index contributed by atoms with van der Waals surface area (Å²) in [5.74, 6) is -1.24. The largest absolute Gasteiger partial charge is 0.378 e. The first-order valence-electron chi connectivity index (χ1n) is 8.49. The van der Waals surface area contributed by atoms with Crippen LogP contribution in [-0.2, 0) is 16.0 Å². The summed E-state index contributed by atoms with van der Waals surface area (Å²) in [6.45, 7) is 0.464. The molecule has 0 heterocycles. The fourth-order valence-electron chi connectivity index (χ4n) is 2.46. The van der Waals surface area contributed by atoms with Crippen LogP contribution in [0.2, 0.25) is 0 Å². The molecule has 0 fully saturated rings. The molecule has 0 aliphatic heterocycles. The lowest BCUT2D eigenvalue weighted by Crippen LogP contribution is -2.36. The van der Waals surface area contributed by atoms with Gasteiger partial charge in [0.25, 0.3) is 0 Å². The Morgan fingerprint density at radius 1 is 1.00 bits per heavy atom. The van der Waals surface area contributed by atoms with Crippen LogP contribution in [0.5, 0.6) is 0 Å². The lowest BCUT2D eigenvalue weighted by molar-refractivity contribution is -0.136. The van der Waals surface area contributed by atoms with E-state index in [0.717, 1.165) is 23.4 Å². The number of nitrogens with one attached hydrogen (secondary N) is 2. The van der Waals surface area contributed by atoms with Gasteiger partial charge in [-0.1, -0.05) is 24.3 Å². The average Bonchev–Trinajstić information content (AvgIpc) is 2.65. The van der Waals surface area contributed by atoms with Crippen LogP contribution in [0.1, 0.15) is 12.0 Å². The zero-order valence-electron chi connectivity index (χ0n) is 15.4. The van der Waals surface area contributed by atoms with Crippen LogP contribution in [0.25, 0.3) is 0 Å². The number of carbonyl (C=O) groups excluding carboxylic acids is 2. The fraction of sp³-hybridized carbons (Fsp3) is 0.300. The average molecular weight is 372 g/mol. The van der Waals surface area contributed by atoms with Crippen molar-refractivity contribution in [1.82, 2.24) is 5.32 Å². The maximum Gasteiger partial charge on any atom is 0.313 e. The van der Waals surface area contributed by atoms with E-state index in [1.165, 1.54) is 17.3 Å². The molecular formula is C20H25N3O2S. The van der Waals surface area contributed by atoms with Crippen LogP contribution in [0.3, 0.4) is 0 Å². The van der Waals surface area contributed by atoms with Gasteiger partial charge in [0, 0.05) is 31.2 Å². The van der Waals surface area contributed by atoms with Gasteiger partial charge in [-0.3, -0.25) is 9.59 Å². The van der Waals surface area contributed by atoms with Crippen molar-refractivity contribution in [3.8, 4) is 0 Å². The minimum absolute atomic E-state index is 0.464. The van der Waals surface area contributed by atoms with Crippen LogP contribution >= 0.6 is 11.8 Å². The Bertz CT molecular complexity index is 745. The molecule has 2 N–H and O–H groups in total. The fourth-order valence-corrected chi connectivity index (χ4v) is 3.02. The number of anilines is 2. The quantitative estimate of drug-likeness (QED) is 0.446. The molecule has 5 nitrogen and oxygen atoms in total. The smallest absolute Gasteiger partial charge is 0.313 e. The monoisotopic (exact) mass is 371 g/mol. The Kier molecular flexibility index (Phi) is 7.53. The van der Waals surface area contributed by atoms with Crippen molar-refractivity contribution < 1.29 is 9.59 Å². The van der Waals surface area contributed by atoms with E-state index in [-0.39, 0.29) is 0 Å². The maximum atomic E-state index is 12.0. The number of hydrogen-bond donors (Lipinski definition) is 2. The first kappa shape index (κ1) is 19.8. The summed E-state index contributed by atoms with van der Waals surface area (Å²) >= 11 is 1.52. The maximum absolute atomic E-state index is 12.0. The minimum atomic E-state index is -0.637. The minimum Gasteiger partial charge on any atom is -0.378 e. The number of carbonyl (C=O) groups is 2. The highest BCUT2D eigenvalue weighted by atomic mass is 32.2. The lowest BCUT2D eigenvalue weighted by Gasteiger charge is -2.12. The summed E-state index contributed by atoms with van der Waals surface area (Å²) in [4.78, 5) is 26.9. The summed E-state index contributed by atoms with van der Waals surface area (Å²) < 4.78 is 0. The SMILES string of the molecule is CSc1ccccc1NC(=O)C(=O)NCCCc1ccc(N(C)C)cc1. The van der Waals surface area contributed by atoms with Gasteiger partial charge >= 0.3 is 11.8 Å². The van der Waals surface area contributed by atoms with E-state index in [0.29, 0.717) is 12.2 Å². The Morgan fingerprint density at radius 2 is 1.69 bits per heavy atom. The molecular weight excluding hydrogens is 346 g/mol. The normalized spacial score (nSPS) is 10.3. The number of thioether (sulfide) groups is 1. The summed E-state index contributed by atoms with van der Waals surface area (Å²) in [5.41, 5.74) is 3.02. The highest BCUT2D eigenvalue weighted by Gasteiger charge is 2.14. The predicted molar refractivity (Wildman–Crippen MR) is 109 cm³/mol. The third-order valence-electron chi connectivity index (χ3n) is 3.94. The van der Waals surface area contributed by atoms with Crippen LogP contribution in [-0.4, -0.2) is 38.7 Å². The van der Waals surface area contributed by atoms with Crippen molar-refractivity contribution in [3.05, 3.63) is 54.1 Å². The van der Waals surface area contributed by atoms with E-state index in [4.69, 9.17) is 0 Å². The van der Waals surface area contributed by atoms with E-state index >= 15 is 0 Å². The Hall–Kier alpha value is -2.47. The van der Waals surface area contributed by atoms with Gasteiger partial charge in [-0.15, -0.1) is 11.8 Å². The molecule has 0 saturated carbocycles. The molecule has 2 aromatic carbocycles. The van der Waals surface area contributed by atoms with Crippen molar-refractivity contribution in [1.29, 1.82) is 0 Å². The van der Waals surface area contributed by atoms with Gasteiger partial charge in [-0.25, -0.2) is 0 Å². The van der Waals surface area contributed by atoms with Crippen molar-refractivity contribution in [2.24, 2.45) is 0 Å². The van der Waals surface area contributed by atoms with Crippen LogP contribution in [0.15, 0.2) is 53.4 Å². The van der Waals surface area contributed by atoms with Crippen LogP contribution in [0.4, 0.5) is 11.4 Å². The number of hydrogen-bond acceptors (Lipinski definition) is 4. The second kappa shape index (κ2) is 9.87. The van der Waals surface area contributed by atoms with Gasteiger partial charge in [0.2, 0.25) is 0 Å². The third-order valence-corrected chi connectivity index (χ3v) is 4.74. The number of para-hydroxylation sites is 1. The Morgan fingerprint density at radius 3 is 2.35 bits per heavy atom. The number of rotatable bonds is 7. The van der Waals surface area contributed by atoms with Gasteiger partial charge in [0.15, 0.2) is 0 Å². The second-order valence-electron chi connectivity index (χ2n) is 6.07. The second-order valence-corrected chi connectivity index (χ2v) is 6.92. The first-order chi connectivity index (χ1) is 12.5. The zero-order valence-corrected chi connectivity index (χ0v) is 16.2. The third kappa shape index (κ3) is 5.81. The molecule has 0 atom stereocenters. The number of amides is 2. The van der Waals surface area contributed by atoms with E-state index in [1.807, 2.05) is 38.6 Å². The summed E-state index contributed by atoms with van der Waals surface area (Å²) in [6, 6.07) is 15.7. The van der Waals surface area contributed by atoms with Crippen LogP contribution < -0.4 is 15.5 Å². The van der Waals surface area contributed by atoms with Gasteiger partial charge in [0.05, 0.1) is 5.69 Å². The molecule has 0 aliphatic rings. The van der Waals surface area contributed by atoms with Gasteiger partial charge < -0.3 is 15.5 Å². The number of nitrogens with zero attached hydrogens (tertiary/aromatic N) is 1. The Labute approximate surface area is 159 Å². The zero-order chi connectivity index (χ0) is 18.9. The first-order valence-corrected chi connectivity index (χ1v) is 9.72. The van der Waals surface area contributed by atoms with E-state index in [1.54, 1.807) is 6.07 Å². The van der Waals surface area contributed by atoms with Gasteiger partial charge in [-0.2, -0.15) is 0 Å².